The summed E-state index contributed by atoms with van der Waals surface area (Å²) in [6, 6.07) is 11.9. The Hall–Kier alpha value is -3.81. The van der Waals surface area contributed by atoms with Crippen LogP contribution in [-0.2, 0) is 12.7 Å². The van der Waals surface area contributed by atoms with Crippen molar-refractivity contribution in [3.63, 3.8) is 0 Å². The largest absolute Gasteiger partial charge is 0.454 e. The summed E-state index contributed by atoms with van der Waals surface area (Å²) < 4.78 is 82.1. The summed E-state index contributed by atoms with van der Waals surface area (Å²) in [5, 5.41) is 5.52. The predicted molar refractivity (Wildman–Crippen MR) is 139 cm³/mol. The fourth-order valence-corrected chi connectivity index (χ4v) is 4.15. The smallest absolute Gasteiger partial charge is 0.422 e. The van der Waals surface area contributed by atoms with Crippen molar-refractivity contribution in [2.24, 2.45) is 0 Å². The first-order chi connectivity index (χ1) is 18.9. The van der Waals surface area contributed by atoms with Gasteiger partial charge in [-0.1, -0.05) is 18.2 Å². The average Bonchev–Trinajstić information content (AvgIpc) is 2.90. The van der Waals surface area contributed by atoms with Gasteiger partial charge in [0.15, 0.2) is 6.61 Å². The molecule has 3 aromatic rings. The first kappa shape index (κ1) is 29.2. The number of ether oxygens (including phenoxy) is 1. The summed E-state index contributed by atoms with van der Waals surface area (Å²) in [4.78, 5) is 16.5. The van der Waals surface area contributed by atoms with Crippen LogP contribution in [-0.4, -0.2) is 64.9 Å². The molecule has 14 heteroatoms. The van der Waals surface area contributed by atoms with Crippen LogP contribution >= 0.6 is 0 Å². The van der Waals surface area contributed by atoms with Crippen LogP contribution in [0.4, 0.5) is 49.6 Å². The van der Waals surface area contributed by atoms with E-state index in [-0.39, 0.29) is 24.1 Å². The van der Waals surface area contributed by atoms with Gasteiger partial charge in [-0.25, -0.2) is 0 Å². The molecule has 0 spiro atoms. The number of hydrogen-bond acceptors (Lipinski definition) is 8. The van der Waals surface area contributed by atoms with Crippen molar-refractivity contribution in [3.8, 4) is 6.01 Å². The highest BCUT2D eigenvalue weighted by Gasteiger charge is 2.31. The molecule has 1 aromatic heterocycles. The molecule has 2 heterocycles. The third-order valence-electron chi connectivity index (χ3n) is 6.20. The number of benzene rings is 2. The van der Waals surface area contributed by atoms with Crippen LogP contribution in [0, 0.1) is 0 Å². The molecule has 0 bridgehead atoms. The fraction of sp³-hybridized carbons (Fsp3) is 0.423. The molecule has 1 aliphatic rings. The third-order valence-corrected chi connectivity index (χ3v) is 6.20. The number of aromatic nitrogens is 3. The summed E-state index contributed by atoms with van der Waals surface area (Å²) in [7, 11) is 0. The maximum Gasteiger partial charge on any atom is 0.422 e. The van der Waals surface area contributed by atoms with Crippen LogP contribution in [0.1, 0.15) is 25.0 Å². The number of alkyl halides is 6. The van der Waals surface area contributed by atoms with Gasteiger partial charge in [-0.15, -0.1) is 0 Å². The fourth-order valence-electron chi connectivity index (χ4n) is 4.15. The van der Waals surface area contributed by atoms with Crippen molar-refractivity contribution in [1.29, 1.82) is 0 Å². The highest BCUT2D eigenvalue weighted by molar-refractivity contribution is 5.56. The first-order valence-corrected chi connectivity index (χ1v) is 12.6. The lowest BCUT2D eigenvalue weighted by molar-refractivity contribution is -0.154. The van der Waals surface area contributed by atoms with E-state index in [9.17, 15) is 26.3 Å². The number of halogens is 6. The number of nitrogens with one attached hydrogen (secondary N) is 2. The quantitative estimate of drug-likeness (QED) is 0.317. The van der Waals surface area contributed by atoms with Crippen LogP contribution in [0.5, 0.6) is 6.01 Å². The van der Waals surface area contributed by atoms with Crippen molar-refractivity contribution in [1.82, 2.24) is 19.9 Å². The summed E-state index contributed by atoms with van der Waals surface area (Å²) in [6.07, 6.45) is -9.23. The van der Waals surface area contributed by atoms with E-state index < -0.39 is 30.5 Å². The Morgan fingerprint density at radius 1 is 0.875 bits per heavy atom. The van der Waals surface area contributed by atoms with Crippen molar-refractivity contribution in [3.05, 3.63) is 59.7 Å². The van der Waals surface area contributed by atoms with E-state index in [1.807, 2.05) is 24.3 Å². The second-order valence-corrected chi connectivity index (χ2v) is 9.51. The van der Waals surface area contributed by atoms with Crippen molar-refractivity contribution >= 4 is 23.3 Å². The summed E-state index contributed by atoms with van der Waals surface area (Å²) in [6.45, 7) is 6.59. The van der Waals surface area contributed by atoms with Gasteiger partial charge in [-0.3, -0.25) is 4.90 Å². The van der Waals surface area contributed by atoms with Gasteiger partial charge in [0.2, 0.25) is 11.9 Å². The highest BCUT2D eigenvalue weighted by Crippen LogP contribution is 2.31. The SMILES string of the molecule is CC(C)N1CCN(c2cccc(CNc3nc(Nc4cccc(C(F)(F)F)c4)nc(OCC(F)(F)F)n3)c2)CC1. The van der Waals surface area contributed by atoms with Crippen LogP contribution in [0.3, 0.4) is 0 Å². The Morgan fingerprint density at radius 2 is 1.57 bits per heavy atom. The normalized spacial score (nSPS) is 14.9. The lowest BCUT2D eigenvalue weighted by Crippen LogP contribution is -2.48. The summed E-state index contributed by atoms with van der Waals surface area (Å²) >= 11 is 0. The van der Waals surface area contributed by atoms with Crippen LogP contribution in [0.25, 0.3) is 0 Å². The Labute approximate surface area is 227 Å². The number of anilines is 4. The minimum Gasteiger partial charge on any atom is -0.454 e. The maximum absolute atomic E-state index is 13.1. The standard InChI is InChI=1S/C26H29F6N7O/c1-17(2)38-9-11-39(12-10-38)21-8-3-5-18(13-21)15-33-22-35-23(37-24(36-22)40-16-25(27,28)29)34-20-7-4-6-19(14-20)26(30,31)32/h3-8,13-14,17H,9-12,15-16H2,1-2H3,(H2,33,34,35,36,37). The zero-order valence-corrected chi connectivity index (χ0v) is 21.9. The molecule has 0 radical (unpaired) electrons. The molecule has 8 nitrogen and oxygen atoms in total. The average molecular weight is 570 g/mol. The van der Waals surface area contributed by atoms with Gasteiger partial charge in [0.1, 0.15) is 0 Å². The Balaban J connectivity index is 1.49. The molecule has 0 saturated carbocycles. The number of nitrogens with zero attached hydrogens (tertiary/aromatic N) is 5. The van der Waals surface area contributed by atoms with Crippen molar-refractivity contribution in [2.75, 3.05) is 48.3 Å². The zero-order chi connectivity index (χ0) is 28.9. The van der Waals surface area contributed by atoms with Crippen LogP contribution in [0.2, 0.25) is 0 Å². The molecule has 1 aliphatic heterocycles. The van der Waals surface area contributed by atoms with E-state index in [1.54, 1.807) is 0 Å². The third kappa shape index (κ3) is 8.34. The number of piperazine rings is 1. The Bertz CT molecular complexity index is 1280. The van der Waals surface area contributed by atoms with Crippen LogP contribution < -0.4 is 20.3 Å². The zero-order valence-electron chi connectivity index (χ0n) is 21.9. The molecule has 1 fully saturated rings. The topological polar surface area (TPSA) is 78.4 Å². The minimum atomic E-state index is -4.64. The van der Waals surface area contributed by atoms with E-state index in [0.29, 0.717) is 6.04 Å². The molecular weight excluding hydrogens is 540 g/mol. The van der Waals surface area contributed by atoms with Gasteiger partial charge >= 0.3 is 18.4 Å². The molecule has 216 valence electrons. The van der Waals surface area contributed by atoms with Gasteiger partial charge < -0.3 is 20.3 Å². The van der Waals surface area contributed by atoms with Crippen molar-refractivity contribution < 1.29 is 31.1 Å². The maximum atomic E-state index is 13.1. The van der Waals surface area contributed by atoms with Crippen molar-refractivity contribution in [2.45, 2.75) is 38.8 Å². The minimum absolute atomic E-state index is 0.0148. The van der Waals surface area contributed by atoms with E-state index in [1.165, 1.54) is 12.1 Å². The lowest BCUT2D eigenvalue weighted by atomic mass is 10.1. The molecule has 2 N–H and O–H groups in total. The molecule has 4 rings (SSSR count). The second-order valence-electron chi connectivity index (χ2n) is 9.51. The lowest BCUT2D eigenvalue weighted by Gasteiger charge is -2.38. The summed E-state index contributed by atoms with van der Waals surface area (Å²) in [5.41, 5.74) is 0.983. The molecule has 0 aliphatic carbocycles. The molecule has 0 unspecified atom stereocenters. The molecule has 2 aromatic carbocycles. The van der Waals surface area contributed by atoms with Gasteiger partial charge in [0.05, 0.1) is 5.56 Å². The van der Waals surface area contributed by atoms with Crippen LogP contribution in [0.15, 0.2) is 48.5 Å². The van der Waals surface area contributed by atoms with Gasteiger partial charge in [0, 0.05) is 50.1 Å². The highest BCUT2D eigenvalue weighted by atomic mass is 19.4. The molecule has 0 atom stereocenters. The Morgan fingerprint density at radius 3 is 2.25 bits per heavy atom. The molecule has 40 heavy (non-hydrogen) atoms. The van der Waals surface area contributed by atoms with Gasteiger partial charge in [0.25, 0.3) is 0 Å². The van der Waals surface area contributed by atoms with E-state index in [0.717, 1.165) is 49.6 Å². The number of rotatable bonds is 9. The molecule has 0 amide bonds. The monoisotopic (exact) mass is 569 g/mol. The predicted octanol–water partition coefficient (Wildman–Crippen LogP) is 5.72. The number of hydrogen-bond donors (Lipinski definition) is 2. The second kappa shape index (κ2) is 12.1. The first-order valence-electron chi connectivity index (χ1n) is 12.6. The van der Waals surface area contributed by atoms with E-state index in [2.05, 4.69) is 54.0 Å². The molecule has 1 saturated heterocycles. The van der Waals surface area contributed by atoms with Gasteiger partial charge in [-0.05, 0) is 49.7 Å². The Kier molecular flexibility index (Phi) is 8.86. The summed E-state index contributed by atoms with van der Waals surface area (Å²) in [5.74, 6) is -0.400. The van der Waals surface area contributed by atoms with Gasteiger partial charge in [-0.2, -0.15) is 41.3 Å². The van der Waals surface area contributed by atoms with E-state index >= 15 is 0 Å². The van der Waals surface area contributed by atoms with E-state index in [4.69, 9.17) is 0 Å². The molecular formula is C26H29F6N7O.